The molecule has 0 N–H and O–H groups in total. The molecule has 0 spiro atoms. The van der Waals surface area contributed by atoms with Crippen molar-refractivity contribution in [1.29, 1.82) is 0 Å². The minimum absolute atomic E-state index is 0.0299. The van der Waals surface area contributed by atoms with E-state index in [-0.39, 0.29) is 24.3 Å². The van der Waals surface area contributed by atoms with Crippen LogP contribution in [0.25, 0.3) is 0 Å². The summed E-state index contributed by atoms with van der Waals surface area (Å²) in [5.41, 5.74) is 0.927. The Morgan fingerprint density at radius 3 is 2.35 bits per heavy atom. The zero-order valence-electron chi connectivity index (χ0n) is 13.7. The first-order chi connectivity index (χ1) is 10.8. The topological polar surface area (TPSA) is 72.9 Å². The number of methoxy groups -OCH3 is 1. The number of hydrogen-bond donors (Lipinski definition) is 0. The molecular formula is C16H23NO5S. The fourth-order valence-corrected chi connectivity index (χ4v) is 2.66. The molecule has 1 aromatic carbocycles. The van der Waals surface area contributed by atoms with Crippen molar-refractivity contribution in [3.8, 4) is 5.75 Å². The van der Waals surface area contributed by atoms with Crippen LogP contribution >= 0.6 is 0 Å². The number of benzene rings is 1. The van der Waals surface area contributed by atoms with Crippen molar-refractivity contribution >= 4 is 16.0 Å². The molecule has 0 radical (unpaired) electrons. The second-order valence-corrected chi connectivity index (χ2v) is 8.05. The largest absolute Gasteiger partial charge is 0.382 e. The molecule has 1 fully saturated rings. The van der Waals surface area contributed by atoms with Crippen molar-refractivity contribution in [2.45, 2.75) is 44.5 Å². The molecule has 0 aromatic heterocycles. The van der Waals surface area contributed by atoms with Crippen molar-refractivity contribution in [3.05, 3.63) is 29.8 Å². The molecule has 1 aliphatic carbocycles. The second-order valence-electron chi connectivity index (χ2n) is 5.95. The minimum atomic E-state index is -3.59. The van der Waals surface area contributed by atoms with Gasteiger partial charge in [0, 0.05) is 19.7 Å². The van der Waals surface area contributed by atoms with Crippen LogP contribution in [-0.2, 0) is 26.2 Å². The fourth-order valence-electron chi connectivity index (χ4n) is 2.09. The summed E-state index contributed by atoms with van der Waals surface area (Å²) in [6.45, 7) is 3.70. The second kappa shape index (κ2) is 7.31. The molecule has 0 atom stereocenters. The Morgan fingerprint density at radius 1 is 1.26 bits per heavy atom. The van der Waals surface area contributed by atoms with E-state index in [9.17, 15) is 13.2 Å². The van der Waals surface area contributed by atoms with Gasteiger partial charge in [0.05, 0.1) is 5.25 Å². The van der Waals surface area contributed by atoms with Crippen molar-refractivity contribution in [1.82, 2.24) is 4.90 Å². The standard InChI is InChI=1S/C16H23NO5S/c1-12(2)23(19,20)22-15-8-4-13(5-9-15)10-17(14-6-7-14)16(18)11-21-3/h4-5,8-9,12,14H,6-7,10-11H2,1-3H3. The first-order valence-corrected chi connectivity index (χ1v) is 9.11. The molecule has 1 saturated carbocycles. The maximum atomic E-state index is 12.1. The van der Waals surface area contributed by atoms with E-state index in [1.165, 1.54) is 7.11 Å². The molecule has 0 bridgehead atoms. The molecule has 0 unspecified atom stereocenters. The molecule has 2 rings (SSSR count). The van der Waals surface area contributed by atoms with Gasteiger partial charge in [0.1, 0.15) is 12.4 Å². The van der Waals surface area contributed by atoms with Gasteiger partial charge >= 0.3 is 10.1 Å². The number of carbonyl (C=O) groups excluding carboxylic acids is 1. The van der Waals surface area contributed by atoms with E-state index in [1.807, 2.05) is 4.90 Å². The average Bonchev–Trinajstić information content (AvgIpc) is 3.30. The predicted octanol–water partition coefficient (Wildman–Crippen LogP) is 1.94. The molecule has 0 saturated heterocycles. The van der Waals surface area contributed by atoms with Crippen LogP contribution in [0, 0.1) is 0 Å². The minimum Gasteiger partial charge on any atom is -0.382 e. The SMILES string of the molecule is COCC(=O)N(Cc1ccc(OS(=O)(=O)C(C)C)cc1)C1CC1. The molecule has 1 aromatic rings. The molecule has 7 heteroatoms. The van der Waals surface area contributed by atoms with Crippen LogP contribution in [0.5, 0.6) is 5.75 Å². The third-order valence-corrected chi connectivity index (χ3v) is 5.22. The van der Waals surface area contributed by atoms with E-state index < -0.39 is 15.4 Å². The van der Waals surface area contributed by atoms with E-state index in [1.54, 1.807) is 38.1 Å². The van der Waals surface area contributed by atoms with Crippen LogP contribution in [0.15, 0.2) is 24.3 Å². The van der Waals surface area contributed by atoms with E-state index in [4.69, 9.17) is 8.92 Å². The third-order valence-electron chi connectivity index (χ3n) is 3.64. The van der Waals surface area contributed by atoms with E-state index in [0.29, 0.717) is 6.54 Å². The van der Waals surface area contributed by atoms with Crippen molar-refractivity contribution in [2.75, 3.05) is 13.7 Å². The highest BCUT2D eigenvalue weighted by Gasteiger charge is 2.32. The lowest BCUT2D eigenvalue weighted by Gasteiger charge is -2.22. The maximum absolute atomic E-state index is 12.1. The van der Waals surface area contributed by atoms with Gasteiger partial charge in [0.2, 0.25) is 5.91 Å². The molecule has 1 amide bonds. The van der Waals surface area contributed by atoms with Crippen molar-refractivity contribution in [3.63, 3.8) is 0 Å². The lowest BCUT2D eigenvalue weighted by Crippen LogP contribution is -2.35. The van der Waals surface area contributed by atoms with Crippen LogP contribution < -0.4 is 4.18 Å². The monoisotopic (exact) mass is 341 g/mol. The molecule has 0 aliphatic heterocycles. The number of amides is 1. The Kier molecular flexibility index (Phi) is 5.64. The van der Waals surface area contributed by atoms with Gasteiger partial charge in [-0.2, -0.15) is 8.42 Å². The summed E-state index contributed by atoms with van der Waals surface area (Å²) in [6.07, 6.45) is 2.03. The smallest absolute Gasteiger partial charge is 0.311 e. The highest BCUT2D eigenvalue weighted by molar-refractivity contribution is 7.87. The predicted molar refractivity (Wildman–Crippen MR) is 86.6 cm³/mol. The summed E-state index contributed by atoms with van der Waals surface area (Å²) < 4.78 is 33.4. The van der Waals surface area contributed by atoms with Gasteiger partial charge in [-0.25, -0.2) is 0 Å². The Morgan fingerprint density at radius 2 is 1.87 bits per heavy atom. The summed E-state index contributed by atoms with van der Waals surface area (Å²) in [4.78, 5) is 13.9. The Hall–Kier alpha value is -1.60. The van der Waals surface area contributed by atoms with E-state index >= 15 is 0 Å². The zero-order chi connectivity index (χ0) is 17.0. The highest BCUT2D eigenvalue weighted by atomic mass is 32.2. The van der Waals surface area contributed by atoms with Gasteiger partial charge < -0.3 is 13.8 Å². The van der Waals surface area contributed by atoms with Crippen LogP contribution in [0.3, 0.4) is 0 Å². The zero-order valence-corrected chi connectivity index (χ0v) is 14.5. The summed E-state index contributed by atoms with van der Waals surface area (Å²) >= 11 is 0. The van der Waals surface area contributed by atoms with Crippen LogP contribution in [0.1, 0.15) is 32.3 Å². The quantitative estimate of drug-likeness (QED) is 0.676. The van der Waals surface area contributed by atoms with E-state index in [0.717, 1.165) is 18.4 Å². The lowest BCUT2D eigenvalue weighted by molar-refractivity contribution is -0.136. The van der Waals surface area contributed by atoms with Gasteiger partial charge in [-0.3, -0.25) is 4.79 Å². The average molecular weight is 341 g/mol. The molecular weight excluding hydrogens is 318 g/mol. The fraction of sp³-hybridized carbons (Fsp3) is 0.562. The van der Waals surface area contributed by atoms with E-state index in [2.05, 4.69) is 0 Å². The lowest BCUT2D eigenvalue weighted by atomic mass is 10.2. The number of carbonyl (C=O) groups is 1. The summed E-state index contributed by atoms with van der Waals surface area (Å²) in [5, 5.41) is -0.598. The van der Waals surface area contributed by atoms with Crippen LogP contribution in [0.2, 0.25) is 0 Å². The molecule has 1 aliphatic rings. The van der Waals surface area contributed by atoms with Gasteiger partial charge in [-0.15, -0.1) is 0 Å². The van der Waals surface area contributed by atoms with Crippen molar-refractivity contribution < 1.29 is 22.1 Å². The Bertz CT molecular complexity index is 635. The molecule has 0 heterocycles. The summed E-state index contributed by atoms with van der Waals surface area (Å²) in [5.74, 6) is 0.251. The van der Waals surface area contributed by atoms with Gasteiger partial charge in [0.25, 0.3) is 0 Å². The number of nitrogens with zero attached hydrogens (tertiary/aromatic N) is 1. The summed E-state index contributed by atoms with van der Waals surface area (Å²) in [7, 11) is -2.09. The number of rotatable bonds is 8. The molecule has 6 nitrogen and oxygen atoms in total. The summed E-state index contributed by atoms with van der Waals surface area (Å²) in [6, 6.07) is 7.07. The third kappa shape index (κ3) is 4.94. The van der Waals surface area contributed by atoms with Crippen molar-refractivity contribution in [2.24, 2.45) is 0 Å². The molecule has 23 heavy (non-hydrogen) atoms. The highest BCUT2D eigenvalue weighted by Crippen LogP contribution is 2.29. The first-order valence-electron chi connectivity index (χ1n) is 7.64. The maximum Gasteiger partial charge on any atom is 0.311 e. The van der Waals surface area contributed by atoms with Gasteiger partial charge in [-0.1, -0.05) is 12.1 Å². The number of hydrogen-bond acceptors (Lipinski definition) is 5. The van der Waals surface area contributed by atoms with Gasteiger partial charge in [0.15, 0.2) is 0 Å². The number of ether oxygens (including phenoxy) is 1. The molecule has 128 valence electrons. The van der Waals surface area contributed by atoms with Gasteiger partial charge in [-0.05, 0) is 44.4 Å². The Labute approximate surface area is 137 Å². The normalized spacial score (nSPS) is 14.8. The van der Waals surface area contributed by atoms with Crippen LogP contribution in [0.4, 0.5) is 0 Å². The Balaban J connectivity index is 2.03. The van der Waals surface area contributed by atoms with Crippen LogP contribution in [-0.4, -0.2) is 44.2 Å². The first kappa shape index (κ1) is 17.7.